The average Bonchev–Trinajstić information content (AvgIpc) is 3.01. The van der Waals surface area contributed by atoms with E-state index in [9.17, 15) is 4.79 Å². The Morgan fingerprint density at radius 1 is 1.17 bits per heavy atom. The third kappa shape index (κ3) is 4.71. The van der Waals surface area contributed by atoms with Crippen LogP contribution in [0.1, 0.15) is 45.2 Å². The Kier molecular flexibility index (Phi) is 5.69. The lowest BCUT2D eigenvalue weighted by molar-refractivity contribution is -0.128. The molecule has 1 aliphatic heterocycles. The van der Waals surface area contributed by atoms with E-state index in [4.69, 9.17) is 0 Å². The number of benzene rings is 1. The largest absolute Gasteiger partial charge is 0.378 e. The summed E-state index contributed by atoms with van der Waals surface area (Å²) in [5.74, 6) is 0.117. The molecule has 128 valence electrons. The van der Waals surface area contributed by atoms with Crippen LogP contribution in [0.3, 0.4) is 0 Å². The van der Waals surface area contributed by atoms with E-state index >= 15 is 0 Å². The lowest BCUT2D eigenvalue weighted by Crippen LogP contribution is -2.41. The van der Waals surface area contributed by atoms with Crippen molar-refractivity contribution in [1.29, 1.82) is 0 Å². The minimum Gasteiger partial charge on any atom is -0.378 e. The number of nitrogens with one attached hydrogen (secondary N) is 1. The van der Waals surface area contributed by atoms with Gasteiger partial charge in [0.15, 0.2) is 0 Å². The molecule has 0 bridgehead atoms. The zero-order chi connectivity index (χ0) is 17.0. The topological polar surface area (TPSA) is 35.6 Å². The zero-order valence-electron chi connectivity index (χ0n) is 15.2. The molecule has 1 atom stereocenters. The van der Waals surface area contributed by atoms with E-state index in [0.717, 1.165) is 13.1 Å². The van der Waals surface area contributed by atoms with Crippen LogP contribution in [0.5, 0.6) is 0 Å². The minimum atomic E-state index is -0.343. The van der Waals surface area contributed by atoms with Gasteiger partial charge in [0, 0.05) is 31.7 Å². The van der Waals surface area contributed by atoms with Gasteiger partial charge in [-0.3, -0.25) is 9.69 Å². The van der Waals surface area contributed by atoms with Crippen molar-refractivity contribution in [3.05, 3.63) is 29.8 Å². The van der Waals surface area contributed by atoms with Crippen molar-refractivity contribution in [3.63, 3.8) is 0 Å². The van der Waals surface area contributed by atoms with Crippen molar-refractivity contribution in [3.8, 4) is 0 Å². The molecule has 0 aliphatic carbocycles. The van der Waals surface area contributed by atoms with Crippen molar-refractivity contribution >= 4 is 11.6 Å². The first-order valence-corrected chi connectivity index (χ1v) is 8.58. The Morgan fingerprint density at radius 2 is 1.74 bits per heavy atom. The number of hydrogen-bond donors (Lipinski definition) is 1. The maximum atomic E-state index is 12.2. The first-order chi connectivity index (χ1) is 10.8. The van der Waals surface area contributed by atoms with Crippen LogP contribution >= 0.6 is 0 Å². The van der Waals surface area contributed by atoms with Gasteiger partial charge in [-0.1, -0.05) is 32.9 Å². The highest BCUT2D eigenvalue weighted by Gasteiger charge is 2.26. The molecule has 1 amide bonds. The Labute approximate surface area is 140 Å². The normalized spacial score (nSPS) is 17.1. The van der Waals surface area contributed by atoms with Crippen LogP contribution in [0.25, 0.3) is 0 Å². The summed E-state index contributed by atoms with van der Waals surface area (Å²) in [4.78, 5) is 16.8. The third-order valence-electron chi connectivity index (χ3n) is 4.51. The maximum absolute atomic E-state index is 12.2. The summed E-state index contributed by atoms with van der Waals surface area (Å²) in [6.45, 7) is 8.78. The highest BCUT2D eigenvalue weighted by atomic mass is 16.2. The summed E-state index contributed by atoms with van der Waals surface area (Å²) >= 11 is 0. The van der Waals surface area contributed by atoms with Crippen molar-refractivity contribution in [2.75, 3.05) is 38.6 Å². The van der Waals surface area contributed by atoms with Gasteiger partial charge in [0.2, 0.25) is 5.91 Å². The number of carbonyl (C=O) groups is 1. The van der Waals surface area contributed by atoms with Gasteiger partial charge >= 0.3 is 0 Å². The molecule has 23 heavy (non-hydrogen) atoms. The predicted molar refractivity (Wildman–Crippen MR) is 96.8 cm³/mol. The van der Waals surface area contributed by atoms with Gasteiger partial charge < -0.3 is 10.2 Å². The van der Waals surface area contributed by atoms with E-state index in [1.165, 1.54) is 24.1 Å². The van der Waals surface area contributed by atoms with E-state index in [1.807, 2.05) is 20.8 Å². The number of carbonyl (C=O) groups excluding carboxylic acids is 1. The molecule has 1 fully saturated rings. The van der Waals surface area contributed by atoms with Crippen molar-refractivity contribution < 1.29 is 4.79 Å². The number of anilines is 1. The molecule has 4 heteroatoms. The van der Waals surface area contributed by atoms with Gasteiger partial charge in [0.05, 0.1) is 6.04 Å². The van der Waals surface area contributed by atoms with Gasteiger partial charge in [-0.25, -0.2) is 0 Å². The van der Waals surface area contributed by atoms with E-state index in [2.05, 4.69) is 53.5 Å². The van der Waals surface area contributed by atoms with E-state index in [-0.39, 0.29) is 17.4 Å². The molecule has 1 aliphatic rings. The molecular formula is C19H31N3O. The Morgan fingerprint density at radius 3 is 2.22 bits per heavy atom. The fourth-order valence-electron chi connectivity index (χ4n) is 2.96. The van der Waals surface area contributed by atoms with Crippen molar-refractivity contribution in [2.45, 2.75) is 39.7 Å². The molecule has 0 spiro atoms. The number of likely N-dealkylation sites (tertiary alicyclic amines) is 1. The molecule has 0 unspecified atom stereocenters. The summed E-state index contributed by atoms with van der Waals surface area (Å²) in [6, 6.07) is 8.97. The second-order valence-electron chi connectivity index (χ2n) is 7.70. The van der Waals surface area contributed by atoms with Crippen LogP contribution in [-0.4, -0.2) is 44.5 Å². The van der Waals surface area contributed by atoms with Gasteiger partial charge in [-0.05, 0) is 43.6 Å². The summed E-state index contributed by atoms with van der Waals surface area (Å²) in [6.07, 6.45) is 2.50. The lowest BCUT2D eigenvalue weighted by atomic mass is 9.95. The SMILES string of the molecule is CN(C)c1ccc([C@H](CNC(=O)C(C)(C)C)N2CCCC2)cc1. The highest BCUT2D eigenvalue weighted by Crippen LogP contribution is 2.26. The molecule has 1 saturated heterocycles. The van der Waals surface area contributed by atoms with Crippen LogP contribution in [0, 0.1) is 5.41 Å². The third-order valence-corrected chi connectivity index (χ3v) is 4.51. The number of rotatable bonds is 5. The van der Waals surface area contributed by atoms with E-state index in [0.29, 0.717) is 6.54 Å². The van der Waals surface area contributed by atoms with Crippen molar-refractivity contribution in [1.82, 2.24) is 10.2 Å². The molecule has 0 radical (unpaired) electrons. The first-order valence-electron chi connectivity index (χ1n) is 8.58. The molecule has 1 heterocycles. The lowest BCUT2D eigenvalue weighted by Gasteiger charge is -2.30. The van der Waals surface area contributed by atoms with E-state index in [1.54, 1.807) is 0 Å². The summed E-state index contributed by atoms with van der Waals surface area (Å²) in [5, 5.41) is 3.14. The second-order valence-corrected chi connectivity index (χ2v) is 7.70. The fourth-order valence-corrected chi connectivity index (χ4v) is 2.96. The molecule has 1 aromatic carbocycles. The Hall–Kier alpha value is -1.55. The molecule has 1 N–H and O–H groups in total. The summed E-state index contributed by atoms with van der Waals surface area (Å²) in [7, 11) is 4.10. The Bertz CT molecular complexity index is 510. The maximum Gasteiger partial charge on any atom is 0.225 e. The first kappa shape index (κ1) is 17.8. The molecule has 1 aromatic rings. The zero-order valence-corrected chi connectivity index (χ0v) is 15.2. The summed E-state index contributed by atoms with van der Waals surface area (Å²) < 4.78 is 0. The monoisotopic (exact) mass is 317 g/mol. The fraction of sp³-hybridized carbons (Fsp3) is 0.632. The van der Waals surface area contributed by atoms with E-state index < -0.39 is 0 Å². The molecule has 0 saturated carbocycles. The van der Waals surface area contributed by atoms with Crippen LogP contribution in [0.15, 0.2) is 24.3 Å². The highest BCUT2D eigenvalue weighted by molar-refractivity contribution is 5.81. The predicted octanol–water partition coefficient (Wildman–Crippen LogP) is 3.05. The second kappa shape index (κ2) is 7.35. The molecule has 2 rings (SSSR count). The van der Waals surface area contributed by atoms with Gasteiger partial charge in [0.1, 0.15) is 0 Å². The minimum absolute atomic E-state index is 0.117. The Balaban J connectivity index is 2.12. The standard InChI is InChI=1S/C19H31N3O/c1-19(2,3)18(23)20-14-17(22-12-6-7-13-22)15-8-10-16(11-9-15)21(4)5/h8-11,17H,6-7,12-14H2,1-5H3,(H,20,23)/t17-/m0/s1. The number of nitrogens with zero attached hydrogens (tertiary/aromatic N) is 2. The van der Waals surface area contributed by atoms with Crippen LogP contribution in [0.2, 0.25) is 0 Å². The summed E-state index contributed by atoms with van der Waals surface area (Å²) in [5.41, 5.74) is 2.14. The van der Waals surface area contributed by atoms with Crippen molar-refractivity contribution in [2.24, 2.45) is 5.41 Å². The average molecular weight is 317 g/mol. The van der Waals surface area contributed by atoms with Crippen LogP contribution < -0.4 is 10.2 Å². The number of amides is 1. The smallest absolute Gasteiger partial charge is 0.225 e. The van der Waals surface area contributed by atoms with Crippen LogP contribution in [-0.2, 0) is 4.79 Å². The molecular weight excluding hydrogens is 286 g/mol. The van der Waals surface area contributed by atoms with Gasteiger partial charge in [-0.15, -0.1) is 0 Å². The number of hydrogen-bond acceptors (Lipinski definition) is 3. The van der Waals surface area contributed by atoms with Gasteiger partial charge in [-0.2, -0.15) is 0 Å². The van der Waals surface area contributed by atoms with Crippen LogP contribution in [0.4, 0.5) is 5.69 Å². The molecule has 0 aromatic heterocycles. The quantitative estimate of drug-likeness (QED) is 0.906. The molecule has 4 nitrogen and oxygen atoms in total. The van der Waals surface area contributed by atoms with Gasteiger partial charge in [0.25, 0.3) is 0 Å².